The number of nitrogens with one attached hydrogen (secondary N) is 1. The Kier molecular flexibility index (Phi) is 5.20. The van der Waals surface area contributed by atoms with Crippen LogP contribution in [0.15, 0.2) is 47.3 Å². The highest BCUT2D eigenvalue weighted by Gasteiger charge is 2.12. The summed E-state index contributed by atoms with van der Waals surface area (Å²) in [6.07, 6.45) is 7.42. The van der Waals surface area contributed by atoms with Crippen LogP contribution in [0.25, 0.3) is 22.6 Å². The van der Waals surface area contributed by atoms with Gasteiger partial charge in [-0.05, 0) is 44.2 Å². The summed E-state index contributed by atoms with van der Waals surface area (Å²) in [6.45, 7) is 6.06. The summed E-state index contributed by atoms with van der Waals surface area (Å²) in [6, 6.07) is 10.4. The van der Waals surface area contributed by atoms with E-state index in [-0.39, 0.29) is 0 Å². The number of nitrogens with zero attached hydrogens (tertiary/aromatic N) is 3. The maximum atomic E-state index is 9.75. The number of allylic oxidation sites excluding steroid dienone is 1. The Morgan fingerprint density at radius 1 is 1.32 bits per heavy atom. The fourth-order valence-corrected chi connectivity index (χ4v) is 3.37. The lowest BCUT2D eigenvalue weighted by Crippen LogP contribution is -2.22. The number of aromatic amines is 1. The molecule has 0 aliphatic rings. The molecule has 3 aromatic rings. The van der Waals surface area contributed by atoms with Crippen molar-refractivity contribution < 1.29 is 0 Å². The first-order valence-electron chi connectivity index (χ1n) is 8.25. The van der Waals surface area contributed by atoms with Crippen LogP contribution in [-0.4, -0.2) is 23.1 Å². The Hall–Kier alpha value is -2.58. The van der Waals surface area contributed by atoms with E-state index in [1.165, 1.54) is 0 Å². The number of halogens is 1. The number of H-pyrrole nitrogens is 1. The van der Waals surface area contributed by atoms with Crippen molar-refractivity contribution in [1.29, 1.82) is 5.26 Å². The second-order valence-electron chi connectivity index (χ2n) is 5.67. The van der Waals surface area contributed by atoms with E-state index in [1.54, 1.807) is 6.20 Å². The molecule has 0 atom stereocenters. The molecule has 0 unspecified atom stereocenters. The van der Waals surface area contributed by atoms with Crippen molar-refractivity contribution in [2.45, 2.75) is 13.8 Å². The number of pyridine rings is 1. The molecule has 3 rings (SSSR count). The van der Waals surface area contributed by atoms with E-state index >= 15 is 0 Å². The summed E-state index contributed by atoms with van der Waals surface area (Å²) in [4.78, 5) is 9.74. The standard InChI is InChI=1S/C20H19BrN4/c1-3-25(4-2)20-7-8-23-12-15(20)9-14(11-22)18-13-24-19-6-5-16(21)10-17(18)19/h5-10,12-13,24H,3-4H2,1-2H3. The minimum absolute atomic E-state index is 0.616. The number of fused-ring (bicyclic) bond motifs is 1. The van der Waals surface area contributed by atoms with Gasteiger partial charge in [0.2, 0.25) is 0 Å². The Balaban J connectivity index is 2.13. The lowest BCUT2D eigenvalue weighted by atomic mass is 10.0. The van der Waals surface area contributed by atoms with Crippen molar-refractivity contribution in [2.24, 2.45) is 0 Å². The highest BCUT2D eigenvalue weighted by Crippen LogP contribution is 2.30. The van der Waals surface area contributed by atoms with Crippen LogP contribution >= 0.6 is 15.9 Å². The van der Waals surface area contributed by atoms with Gasteiger partial charge < -0.3 is 9.88 Å². The predicted molar refractivity (Wildman–Crippen MR) is 107 cm³/mol. The van der Waals surface area contributed by atoms with Gasteiger partial charge in [0.1, 0.15) is 0 Å². The zero-order chi connectivity index (χ0) is 17.8. The Morgan fingerprint density at radius 2 is 2.12 bits per heavy atom. The molecule has 1 aromatic carbocycles. The molecule has 5 heteroatoms. The summed E-state index contributed by atoms with van der Waals surface area (Å²) >= 11 is 3.51. The third kappa shape index (κ3) is 3.45. The maximum absolute atomic E-state index is 9.75. The molecule has 0 radical (unpaired) electrons. The average Bonchev–Trinajstić information content (AvgIpc) is 3.04. The van der Waals surface area contributed by atoms with Crippen LogP contribution in [0, 0.1) is 11.3 Å². The zero-order valence-electron chi connectivity index (χ0n) is 14.3. The Labute approximate surface area is 155 Å². The van der Waals surface area contributed by atoms with E-state index in [9.17, 15) is 5.26 Å². The number of aromatic nitrogens is 2. The molecule has 2 aromatic heterocycles. The minimum Gasteiger partial charge on any atom is -0.372 e. The first kappa shape index (κ1) is 17.2. The molecular weight excluding hydrogens is 376 g/mol. The normalized spacial score (nSPS) is 11.5. The van der Waals surface area contributed by atoms with E-state index < -0.39 is 0 Å². The lowest BCUT2D eigenvalue weighted by molar-refractivity contribution is 0.863. The van der Waals surface area contributed by atoms with Gasteiger partial charge in [0.15, 0.2) is 0 Å². The largest absolute Gasteiger partial charge is 0.372 e. The summed E-state index contributed by atoms with van der Waals surface area (Å²) < 4.78 is 0.989. The number of hydrogen-bond acceptors (Lipinski definition) is 3. The quantitative estimate of drug-likeness (QED) is 0.602. The van der Waals surface area contributed by atoms with Crippen LogP contribution in [-0.2, 0) is 0 Å². The number of rotatable bonds is 5. The maximum Gasteiger partial charge on any atom is 0.0999 e. The first-order valence-corrected chi connectivity index (χ1v) is 9.05. The Morgan fingerprint density at radius 3 is 2.84 bits per heavy atom. The van der Waals surface area contributed by atoms with Gasteiger partial charge in [-0.3, -0.25) is 4.98 Å². The molecule has 126 valence electrons. The van der Waals surface area contributed by atoms with Crippen molar-refractivity contribution in [3.8, 4) is 6.07 Å². The van der Waals surface area contributed by atoms with Crippen LogP contribution in [0.4, 0.5) is 5.69 Å². The third-order valence-corrected chi connectivity index (χ3v) is 4.78. The monoisotopic (exact) mass is 394 g/mol. The van der Waals surface area contributed by atoms with Crippen molar-refractivity contribution in [3.63, 3.8) is 0 Å². The fourth-order valence-electron chi connectivity index (χ4n) is 3.00. The SMILES string of the molecule is CCN(CC)c1ccncc1C=C(C#N)c1c[nH]c2ccc(Br)cc12. The molecule has 0 aliphatic carbocycles. The molecule has 4 nitrogen and oxygen atoms in total. The lowest BCUT2D eigenvalue weighted by Gasteiger charge is -2.22. The molecule has 0 fully saturated rings. The second kappa shape index (κ2) is 7.54. The van der Waals surface area contributed by atoms with Crippen LogP contribution in [0.1, 0.15) is 25.0 Å². The van der Waals surface area contributed by atoms with Crippen LogP contribution in [0.5, 0.6) is 0 Å². The first-order chi connectivity index (χ1) is 12.2. The van der Waals surface area contributed by atoms with E-state index in [0.29, 0.717) is 5.57 Å². The van der Waals surface area contributed by atoms with Gasteiger partial charge in [-0.1, -0.05) is 15.9 Å². The van der Waals surface area contributed by atoms with E-state index in [1.807, 2.05) is 42.7 Å². The zero-order valence-corrected chi connectivity index (χ0v) is 15.8. The topological polar surface area (TPSA) is 55.7 Å². The Bertz CT molecular complexity index is 961. The van der Waals surface area contributed by atoms with Gasteiger partial charge in [0, 0.05) is 63.9 Å². The van der Waals surface area contributed by atoms with Gasteiger partial charge in [0.05, 0.1) is 11.6 Å². The molecule has 0 spiro atoms. The third-order valence-electron chi connectivity index (χ3n) is 4.29. The van der Waals surface area contributed by atoms with E-state index in [4.69, 9.17) is 0 Å². The van der Waals surface area contributed by atoms with Crippen molar-refractivity contribution in [3.05, 3.63) is 58.5 Å². The smallest absolute Gasteiger partial charge is 0.0999 e. The number of anilines is 1. The number of nitriles is 1. The predicted octanol–water partition coefficient (Wildman–Crippen LogP) is 5.24. The number of benzene rings is 1. The minimum atomic E-state index is 0.616. The van der Waals surface area contributed by atoms with E-state index in [0.717, 1.165) is 45.3 Å². The van der Waals surface area contributed by atoms with Gasteiger partial charge in [-0.15, -0.1) is 0 Å². The molecule has 0 amide bonds. The van der Waals surface area contributed by atoms with Gasteiger partial charge >= 0.3 is 0 Å². The van der Waals surface area contributed by atoms with Crippen molar-refractivity contribution in [2.75, 3.05) is 18.0 Å². The van der Waals surface area contributed by atoms with Crippen molar-refractivity contribution in [1.82, 2.24) is 9.97 Å². The molecule has 0 aliphatic heterocycles. The summed E-state index contributed by atoms with van der Waals surface area (Å²) in [5.41, 5.74) is 4.56. The fraction of sp³-hybridized carbons (Fsp3) is 0.200. The van der Waals surface area contributed by atoms with Crippen molar-refractivity contribution >= 4 is 44.2 Å². The van der Waals surface area contributed by atoms with Crippen LogP contribution in [0.3, 0.4) is 0 Å². The summed E-state index contributed by atoms with van der Waals surface area (Å²) in [5.74, 6) is 0. The molecule has 2 heterocycles. The number of hydrogen-bond donors (Lipinski definition) is 1. The summed E-state index contributed by atoms with van der Waals surface area (Å²) in [5, 5.41) is 10.8. The molecular formula is C20H19BrN4. The van der Waals surface area contributed by atoms with Crippen LogP contribution < -0.4 is 4.90 Å². The molecule has 0 saturated heterocycles. The average molecular weight is 395 g/mol. The molecule has 1 N–H and O–H groups in total. The van der Waals surface area contributed by atoms with E-state index in [2.05, 4.69) is 50.7 Å². The molecule has 0 bridgehead atoms. The molecule has 0 saturated carbocycles. The highest BCUT2D eigenvalue weighted by molar-refractivity contribution is 9.10. The van der Waals surface area contributed by atoms with Crippen LogP contribution in [0.2, 0.25) is 0 Å². The highest BCUT2D eigenvalue weighted by atomic mass is 79.9. The van der Waals surface area contributed by atoms with Gasteiger partial charge in [-0.2, -0.15) is 5.26 Å². The van der Waals surface area contributed by atoms with Gasteiger partial charge in [-0.25, -0.2) is 0 Å². The van der Waals surface area contributed by atoms with Gasteiger partial charge in [0.25, 0.3) is 0 Å². The molecule has 25 heavy (non-hydrogen) atoms. The second-order valence-corrected chi connectivity index (χ2v) is 6.58. The summed E-state index contributed by atoms with van der Waals surface area (Å²) in [7, 11) is 0.